The molecular formula is C16H26NO+. The van der Waals surface area contributed by atoms with Crippen molar-refractivity contribution in [1.82, 2.24) is 0 Å². The molecule has 2 atom stereocenters. The van der Waals surface area contributed by atoms with E-state index >= 15 is 0 Å². The van der Waals surface area contributed by atoms with Crippen molar-refractivity contribution in [2.24, 2.45) is 5.92 Å². The molecule has 2 N–H and O–H groups in total. The normalized spacial score (nSPS) is 23.9. The topological polar surface area (TPSA) is 25.8 Å². The molecule has 2 heteroatoms. The Bertz CT molecular complexity index is 347. The predicted molar refractivity (Wildman–Crippen MR) is 74.9 cm³/mol. The van der Waals surface area contributed by atoms with Crippen molar-refractivity contribution in [3.05, 3.63) is 29.8 Å². The van der Waals surface area contributed by atoms with Gasteiger partial charge in [0.2, 0.25) is 0 Å². The van der Waals surface area contributed by atoms with Crippen molar-refractivity contribution in [3.63, 3.8) is 0 Å². The van der Waals surface area contributed by atoms with E-state index in [2.05, 4.69) is 36.5 Å². The Morgan fingerprint density at radius 1 is 1.22 bits per heavy atom. The lowest BCUT2D eigenvalue weighted by atomic mass is 9.87. The van der Waals surface area contributed by atoms with Crippen LogP contribution in [0.2, 0.25) is 0 Å². The van der Waals surface area contributed by atoms with Crippen LogP contribution >= 0.6 is 0 Å². The van der Waals surface area contributed by atoms with Crippen LogP contribution in [0.3, 0.4) is 0 Å². The molecule has 1 aliphatic carbocycles. The van der Waals surface area contributed by atoms with Crippen LogP contribution in [0.15, 0.2) is 24.3 Å². The van der Waals surface area contributed by atoms with Gasteiger partial charge in [0, 0.05) is 12.8 Å². The molecule has 1 fully saturated rings. The Balaban J connectivity index is 1.70. The van der Waals surface area contributed by atoms with E-state index in [0.29, 0.717) is 0 Å². The van der Waals surface area contributed by atoms with E-state index in [1.165, 1.54) is 37.8 Å². The molecule has 1 aromatic rings. The van der Waals surface area contributed by atoms with Gasteiger partial charge in [-0.2, -0.15) is 0 Å². The number of quaternary nitrogens is 1. The van der Waals surface area contributed by atoms with Gasteiger partial charge in [0.15, 0.2) is 0 Å². The van der Waals surface area contributed by atoms with E-state index in [4.69, 9.17) is 4.74 Å². The van der Waals surface area contributed by atoms with Crippen LogP contribution < -0.4 is 10.1 Å². The summed E-state index contributed by atoms with van der Waals surface area (Å²) in [6.45, 7) is 3.60. The van der Waals surface area contributed by atoms with Gasteiger partial charge in [0.05, 0.1) is 19.7 Å². The average Bonchev–Trinajstić information content (AvgIpc) is 2.40. The molecule has 0 amide bonds. The molecule has 2 rings (SSSR count). The van der Waals surface area contributed by atoms with Crippen LogP contribution in [0, 0.1) is 5.92 Å². The Labute approximate surface area is 111 Å². The maximum absolute atomic E-state index is 5.17. The molecule has 0 unspecified atom stereocenters. The van der Waals surface area contributed by atoms with Gasteiger partial charge in [0.25, 0.3) is 0 Å². The predicted octanol–water partition coefficient (Wildman–Crippen LogP) is 2.38. The Morgan fingerprint density at radius 2 is 2.00 bits per heavy atom. The highest BCUT2D eigenvalue weighted by atomic mass is 16.5. The fraction of sp³-hybridized carbons (Fsp3) is 0.625. The zero-order valence-electron chi connectivity index (χ0n) is 11.7. The van der Waals surface area contributed by atoms with Gasteiger partial charge < -0.3 is 10.1 Å². The maximum atomic E-state index is 5.17. The second kappa shape index (κ2) is 6.79. The van der Waals surface area contributed by atoms with Gasteiger partial charge in [-0.15, -0.1) is 0 Å². The van der Waals surface area contributed by atoms with E-state index in [0.717, 1.165) is 24.1 Å². The lowest BCUT2D eigenvalue weighted by Crippen LogP contribution is -2.90. The summed E-state index contributed by atoms with van der Waals surface area (Å²) < 4.78 is 5.17. The van der Waals surface area contributed by atoms with Crippen LogP contribution in [0.5, 0.6) is 5.75 Å². The first-order chi connectivity index (χ1) is 8.78. The number of hydrogen-bond acceptors (Lipinski definition) is 1. The monoisotopic (exact) mass is 248 g/mol. The average molecular weight is 248 g/mol. The van der Waals surface area contributed by atoms with Gasteiger partial charge in [-0.1, -0.05) is 25.5 Å². The lowest BCUT2D eigenvalue weighted by molar-refractivity contribution is -0.692. The highest BCUT2D eigenvalue weighted by molar-refractivity contribution is 5.27. The summed E-state index contributed by atoms with van der Waals surface area (Å²) in [7, 11) is 1.72. The van der Waals surface area contributed by atoms with Gasteiger partial charge in [-0.3, -0.25) is 0 Å². The Hall–Kier alpha value is -1.02. The quantitative estimate of drug-likeness (QED) is 0.850. The fourth-order valence-corrected chi connectivity index (χ4v) is 2.97. The summed E-state index contributed by atoms with van der Waals surface area (Å²) in [6, 6.07) is 9.33. The van der Waals surface area contributed by atoms with Crippen molar-refractivity contribution < 1.29 is 10.1 Å². The summed E-state index contributed by atoms with van der Waals surface area (Å²) in [5.74, 6) is 1.88. The molecular weight excluding hydrogens is 222 g/mol. The number of nitrogens with two attached hydrogens (primary N) is 1. The highest BCUT2D eigenvalue weighted by Gasteiger charge is 2.20. The fourth-order valence-electron chi connectivity index (χ4n) is 2.97. The second-order valence-corrected chi connectivity index (χ2v) is 5.65. The molecule has 2 nitrogen and oxygen atoms in total. The first-order valence-corrected chi connectivity index (χ1v) is 7.24. The lowest BCUT2D eigenvalue weighted by Gasteiger charge is -2.24. The summed E-state index contributed by atoms with van der Waals surface area (Å²) in [5.41, 5.74) is 1.41. The van der Waals surface area contributed by atoms with E-state index in [-0.39, 0.29) is 0 Å². The molecule has 0 saturated heterocycles. The minimum Gasteiger partial charge on any atom is -0.497 e. The van der Waals surface area contributed by atoms with Gasteiger partial charge in [0.1, 0.15) is 5.75 Å². The van der Waals surface area contributed by atoms with Crippen molar-refractivity contribution in [2.45, 2.75) is 45.1 Å². The second-order valence-electron chi connectivity index (χ2n) is 5.65. The van der Waals surface area contributed by atoms with E-state index in [9.17, 15) is 0 Å². The molecule has 1 saturated carbocycles. The number of benzene rings is 1. The Kier molecular flexibility index (Phi) is 5.06. The van der Waals surface area contributed by atoms with Crippen LogP contribution in [-0.4, -0.2) is 19.7 Å². The number of methoxy groups -OCH3 is 1. The number of hydrogen-bond donors (Lipinski definition) is 1. The zero-order valence-corrected chi connectivity index (χ0v) is 11.7. The van der Waals surface area contributed by atoms with Gasteiger partial charge in [-0.25, -0.2) is 0 Å². The molecule has 0 radical (unpaired) electrons. The van der Waals surface area contributed by atoms with E-state index in [1.807, 2.05) is 0 Å². The van der Waals surface area contributed by atoms with Crippen molar-refractivity contribution in [3.8, 4) is 5.75 Å². The summed E-state index contributed by atoms with van der Waals surface area (Å²) >= 11 is 0. The minimum atomic E-state index is 0.868. The summed E-state index contributed by atoms with van der Waals surface area (Å²) in [5, 5.41) is 2.56. The molecule has 1 aromatic carbocycles. The van der Waals surface area contributed by atoms with Crippen LogP contribution in [-0.2, 0) is 6.42 Å². The van der Waals surface area contributed by atoms with E-state index < -0.39 is 0 Å². The third kappa shape index (κ3) is 4.02. The van der Waals surface area contributed by atoms with Crippen molar-refractivity contribution >= 4 is 0 Å². The molecule has 0 aliphatic heterocycles. The molecule has 0 heterocycles. The molecule has 0 spiro atoms. The van der Waals surface area contributed by atoms with E-state index in [1.54, 1.807) is 7.11 Å². The first-order valence-electron chi connectivity index (χ1n) is 7.24. The van der Waals surface area contributed by atoms with Gasteiger partial charge >= 0.3 is 0 Å². The highest BCUT2D eigenvalue weighted by Crippen LogP contribution is 2.21. The SMILES string of the molecule is COc1ccc(CC[NH2+][C@H]2CCC[C@H](C)C2)cc1. The standard InChI is InChI=1S/C16H25NO/c1-13-4-3-5-15(12-13)17-11-10-14-6-8-16(18-2)9-7-14/h6-9,13,15,17H,3-5,10-12H2,1-2H3/p+1/t13-,15-/m0/s1. The zero-order chi connectivity index (χ0) is 12.8. The summed E-state index contributed by atoms with van der Waals surface area (Å²) in [4.78, 5) is 0. The third-order valence-electron chi connectivity index (χ3n) is 4.07. The van der Waals surface area contributed by atoms with Crippen molar-refractivity contribution in [1.29, 1.82) is 0 Å². The molecule has 0 bridgehead atoms. The van der Waals surface area contributed by atoms with Crippen LogP contribution in [0.1, 0.15) is 38.2 Å². The number of rotatable bonds is 5. The summed E-state index contributed by atoms with van der Waals surface area (Å²) in [6.07, 6.45) is 6.83. The molecule has 100 valence electrons. The third-order valence-corrected chi connectivity index (χ3v) is 4.07. The minimum absolute atomic E-state index is 0.868. The van der Waals surface area contributed by atoms with Gasteiger partial charge in [-0.05, 0) is 36.5 Å². The largest absolute Gasteiger partial charge is 0.497 e. The maximum Gasteiger partial charge on any atom is 0.118 e. The smallest absolute Gasteiger partial charge is 0.118 e. The first kappa shape index (κ1) is 13.4. The molecule has 0 aromatic heterocycles. The molecule has 18 heavy (non-hydrogen) atoms. The Morgan fingerprint density at radius 3 is 2.67 bits per heavy atom. The number of ether oxygens (including phenoxy) is 1. The van der Waals surface area contributed by atoms with Crippen molar-refractivity contribution in [2.75, 3.05) is 13.7 Å². The van der Waals surface area contributed by atoms with Crippen LogP contribution in [0.25, 0.3) is 0 Å². The van der Waals surface area contributed by atoms with Crippen LogP contribution in [0.4, 0.5) is 0 Å². The molecule has 1 aliphatic rings.